The highest BCUT2D eigenvalue weighted by Crippen LogP contribution is 2.11. The number of aromatic nitrogens is 1. The summed E-state index contributed by atoms with van der Waals surface area (Å²) in [5.41, 5.74) is 1.17. The number of nitriles is 1. The molecule has 0 aliphatic carbocycles. The van der Waals surface area contributed by atoms with E-state index in [2.05, 4.69) is 15.6 Å². The van der Waals surface area contributed by atoms with Gasteiger partial charge in [-0.05, 0) is 30.3 Å². The van der Waals surface area contributed by atoms with Crippen LogP contribution in [-0.4, -0.2) is 37.1 Å². The number of benzene rings is 1. The predicted octanol–water partition coefficient (Wildman–Crippen LogP) is 1.58. The Labute approximate surface area is 139 Å². The summed E-state index contributed by atoms with van der Waals surface area (Å²) in [6.45, 7) is 0.746. The fourth-order valence-electron chi connectivity index (χ4n) is 1.91. The molecule has 2 aromatic rings. The molecule has 1 aromatic carbocycles. The summed E-state index contributed by atoms with van der Waals surface area (Å²) >= 11 is 0. The Bertz CT molecular complexity index is 783. The second kappa shape index (κ2) is 8.41. The van der Waals surface area contributed by atoms with E-state index >= 15 is 0 Å². The first-order chi connectivity index (χ1) is 11.6. The van der Waals surface area contributed by atoms with Gasteiger partial charge < -0.3 is 15.4 Å². The lowest BCUT2D eigenvalue weighted by molar-refractivity contribution is 0.0932. The molecule has 1 heterocycles. The molecule has 2 amide bonds. The highest BCUT2D eigenvalue weighted by Gasteiger charge is 2.12. The molecule has 0 bridgehead atoms. The third-order valence-corrected chi connectivity index (χ3v) is 3.06. The van der Waals surface area contributed by atoms with Gasteiger partial charge >= 0.3 is 0 Å². The quantitative estimate of drug-likeness (QED) is 0.785. The molecule has 0 spiro atoms. The fraction of sp³-hybridized carbons (Fsp3) is 0.176. The van der Waals surface area contributed by atoms with Gasteiger partial charge in [0.05, 0.1) is 18.2 Å². The Balaban J connectivity index is 2.08. The smallest absolute Gasteiger partial charge is 0.274 e. The molecule has 7 nitrogen and oxygen atoms in total. The number of ether oxygens (including phenoxy) is 1. The monoisotopic (exact) mass is 324 g/mol. The number of carbonyl (C=O) groups excluding carboxylic acids is 2. The zero-order valence-electron chi connectivity index (χ0n) is 13.1. The van der Waals surface area contributed by atoms with Gasteiger partial charge in [0.25, 0.3) is 11.8 Å². The van der Waals surface area contributed by atoms with Crippen LogP contribution in [0.4, 0.5) is 5.69 Å². The summed E-state index contributed by atoms with van der Waals surface area (Å²) in [5.74, 6) is -0.843. The average molecular weight is 324 g/mol. The topological polar surface area (TPSA) is 104 Å². The van der Waals surface area contributed by atoms with Crippen LogP contribution < -0.4 is 10.6 Å². The van der Waals surface area contributed by atoms with E-state index in [-0.39, 0.29) is 17.3 Å². The largest absolute Gasteiger partial charge is 0.383 e. The van der Waals surface area contributed by atoms with Crippen LogP contribution in [0.3, 0.4) is 0 Å². The average Bonchev–Trinajstić information content (AvgIpc) is 2.62. The molecule has 0 unspecified atom stereocenters. The predicted molar refractivity (Wildman–Crippen MR) is 87.6 cm³/mol. The molecule has 0 fully saturated rings. The highest BCUT2D eigenvalue weighted by atomic mass is 16.5. The molecular weight excluding hydrogens is 308 g/mol. The number of nitrogens with one attached hydrogen (secondary N) is 2. The van der Waals surface area contributed by atoms with Gasteiger partial charge in [-0.25, -0.2) is 4.98 Å². The lowest BCUT2D eigenvalue weighted by atomic mass is 10.2. The molecule has 122 valence electrons. The summed E-state index contributed by atoms with van der Waals surface area (Å²) in [6.07, 6.45) is 0. The van der Waals surface area contributed by atoms with Crippen molar-refractivity contribution >= 4 is 17.5 Å². The summed E-state index contributed by atoms with van der Waals surface area (Å²) in [7, 11) is 1.54. The van der Waals surface area contributed by atoms with Crippen molar-refractivity contribution in [3.05, 3.63) is 59.4 Å². The second-order valence-electron chi connectivity index (χ2n) is 4.80. The number of nitrogens with zero attached hydrogens (tertiary/aromatic N) is 2. The number of anilines is 1. The van der Waals surface area contributed by atoms with Crippen LogP contribution in [0, 0.1) is 11.3 Å². The van der Waals surface area contributed by atoms with Gasteiger partial charge in [-0.2, -0.15) is 5.26 Å². The van der Waals surface area contributed by atoms with E-state index in [9.17, 15) is 9.59 Å². The van der Waals surface area contributed by atoms with Crippen LogP contribution >= 0.6 is 0 Å². The fourth-order valence-corrected chi connectivity index (χ4v) is 1.91. The van der Waals surface area contributed by atoms with E-state index in [4.69, 9.17) is 10.00 Å². The van der Waals surface area contributed by atoms with E-state index < -0.39 is 5.91 Å². The van der Waals surface area contributed by atoms with Gasteiger partial charge in [-0.15, -0.1) is 0 Å². The molecule has 24 heavy (non-hydrogen) atoms. The summed E-state index contributed by atoms with van der Waals surface area (Å²) in [4.78, 5) is 28.2. The van der Waals surface area contributed by atoms with Gasteiger partial charge in [0.1, 0.15) is 11.4 Å². The Morgan fingerprint density at radius 1 is 1.17 bits per heavy atom. The van der Waals surface area contributed by atoms with Crippen molar-refractivity contribution in [2.75, 3.05) is 25.6 Å². The van der Waals surface area contributed by atoms with Crippen LogP contribution in [-0.2, 0) is 4.74 Å². The first-order valence-corrected chi connectivity index (χ1v) is 7.19. The number of amides is 2. The Morgan fingerprint density at radius 2 is 1.88 bits per heavy atom. The minimum absolute atomic E-state index is 0.108. The van der Waals surface area contributed by atoms with Gasteiger partial charge in [0.2, 0.25) is 0 Å². The van der Waals surface area contributed by atoms with Crippen LogP contribution in [0.2, 0.25) is 0 Å². The van der Waals surface area contributed by atoms with Gasteiger partial charge in [0.15, 0.2) is 0 Å². The van der Waals surface area contributed by atoms with E-state index in [0.29, 0.717) is 24.4 Å². The standard InChI is InChI=1S/C17H16N4O3/c1-24-9-8-19-16(22)14-6-3-7-15(21-14)17(23)20-13-5-2-4-12(10-13)11-18/h2-7,10H,8-9H2,1H3,(H,19,22)(H,20,23). The first kappa shape index (κ1) is 17.1. The molecular formula is C17H16N4O3. The number of rotatable bonds is 6. The summed E-state index contributed by atoms with van der Waals surface area (Å²) in [5, 5.41) is 14.2. The van der Waals surface area contributed by atoms with E-state index in [1.54, 1.807) is 30.3 Å². The zero-order valence-corrected chi connectivity index (χ0v) is 13.1. The molecule has 0 saturated carbocycles. The van der Waals surface area contributed by atoms with Crippen molar-refractivity contribution in [2.24, 2.45) is 0 Å². The van der Waals surface area contributed by atoms with Crippen LogP contribution in [0.15, 0.2) is 42.5 Å². The van der Waals surface area contributed by atoms with E-state index in [0.717, 1.165) is 0 Å². The van der Waals surface area contributed by atoms with Crippen molar-refractivity contribution in [3.63, 3.8) is 0 Å². The summed E-state index contributed by atoms with van der Waals surface area (Å²) in [6, 6.07) is 13.1. The van der Waals surface area contributed by atoms with Crippen LogP contribution in [0.1, 0.15) is 26.5 Å². The number of hydrogen-bond acceptors (Lipinski definition) is 5. The number of carbonyl (C=O) groups is 2. The maximum Gasteiger partial charge on any atom is 0.274 e. The van der Waals surface area contributed by atoms with Gasteiger partial charge in [-0.1, -0.05) is 12.1 Å². The van der Waals surface area contributed by atoms with Gasteiger partial charge in [0, 0.05) is 19.3 Å². The maximum absolute atomic E-state index is 12.2. The molecule has 0 aliphatic rings. The summed E-state index contributed by atoms with van der Waals surface area (Å²) < 4.78 is 4.85. The molecule has 0 atom stereocenters. The molecule has 0 aliphatic heterocycles. The molecule has 2 N–H and O–H groups in total. The third-order valence-electron chi connectivity index (χ3n) is 3.06. The van der Waals surface area contributed by atoms with Crippen molar-refractivity contribution in [2.45, 2.75) is 0 Å². The van der Waals surface area contributed by atoms with Crippen molar-refractivity contribution in [1.29, 1.82) is 5.26 Å². The maximum atomic E-state index is 12.2. The van der Waals surface area contributed by atoms with E-state index in [1.165, 1.54) is 19.2 Å². The molecule has 1 aromatic heterocycles. The minimum atomic E-state index is -0.461. The van der Waals surface area contributed by atoms with Crippen LogP contribution in [0.25, 0.3) is 0 Å². The highest BCUT2D eigenvalue weighted by molar-refractivity contribution is 6.03. The number of hydrogen-bond donors (Lipinski definition) is 2. The Hall–Kier alpha value is -3.24. The Kier molecular flexibility index (Phi) is 6.00. The zero-order chi connectivity index (χ0) is 17.4. The van der Waals surface area contributed by atoms with Crippen molar-refractivity contribution < 1.29 is 14.3 Å². The number of methoxy groups -OCH3 is 1. The molecule has 0 radical (unpaired) electrons. The SMILES string of the molecule is COCCNC(=O)c1cccc(C(=O)Nc2cccc(C#N)c2)n1. The van der Waals surface area contributed by atoms with Crippen molar-refractivity contribution in [1.82, 2.24) is 10.3 Å². The van der Waals surface area contributed by atoms with Gasteiger partial charge in [-0.3, -0.25) is 9.59 Å². The lowest BCUT2D eigenvalue weighted by Gasteiger charge is -2.07. The normalized spacial score (nSPS) is 9.83. The first-order valence-electron chi connectivity index (χ1n) is 7.19. The number of pyridine rings is 1. The third kappa shape index (κ3) is 4.63. The molecule has 2 rings (SSSR count). The van der Waals surface area contributed by atoms with E-state index in [1.807, 2.05) is 6.07 Å². The Morgan fingerprint density at radius 3 is 2.58 bits per heavy atom. The second-order valence-corrected chi connectivity index (χ2v) is 4.80. The lowest BCUT2D eigenvalue weighted by Crippen LogP contribution is -2.28. The van der Waals surface area contributed by atoms with Crippen LogP contribution in [0.5, 0.6) is 0 Å². The minimum Gasteiger partial charge on any atom is -0.383 e. The molecule has 7 heteroatoms. The van der Waals surface area contributed by atoms with Crippen molar-refractivity contribution in [3.8, 4) is 6.07 Å². The molecule has 0 saturated heterocycles.